The van der Waals surface area contributed by atoms with Crippen molar-refractivity contribution in [1.29, 1.82) is 0 Å². The summed E-state index contributed by atoms with van der Waals surface area (Å²) < 4.78 is 0. The first kappa shape index (κ1) is 22.5. The minimum absolute atomic E-state index is 0. The van der Waals surface area contributed by atoms with E-state index in [1.54, 1.807) is 0 Å². The third-order valence-electron chi connectivity index (χ3n) is 0. The molecule has 48 valence electrons. The van der Waals surface area contributed by atoms with Gasteiger partial charge in [-0.25, -0.2) is 0 Å². The number of rotatable bonds is 0. The van der Waals surface area contributed by atoms with Crippen molar-refractivity contribution in [2.24, 2.45) is 0 Å². The molecule has 0 fully saturated rings. The average Bonchev–Trinajstić information content (AvgIpc) is 0.722. The maximum atomic E-state index is 7.33. The molecule has 0 saturated heterocycles. The second-order valence-corrected chi connectivity index (χ2v) is 1.80. The molecule has 0 heterocycles. The van der Waals surface area contributed by atoms with E-state index >= 15 is 0 Å². The summed E-state index contributed by atoms with van der Waals surface area (Å²) in [5, 5.41) is 0. The molecule has 0 rings (SSSR count). The van der Waals surface area contributed by atoms with Crippen LogP contribution in [0.1, 0.15) is 7.13 Å². The third-order valence-corrected chi connectivity index (χ3v) is 0. The van der Waals surface area contributed by atoms with E-state index in [-0.39, 0.29) is 111 Å². The van der Waals surface area contributed by atoms with Crippen LogP contribution >= 0.6 is 0 Å². The summed E-state index contributed by atoms with van der Waals surface area (Å²) in [6.07, 6.45) is 0. The first-order valence-electron chi connectivity index (χ1n) is 0.894. The molecule has 0 saturated carbocycles. The van der Waals surface area contributed by atoms with E-state index in [2.05, 4.69) is 0 Å². The summed E-state index contributed by atoms with van der Waals surface area (Å²) >= 11 is 0. The zero-order valence-corrected chi connectivity index (χ0v) is 11.4. The van der Waals surface area contributed by atoms with Crippen LogP contribution in [0.4, 0.5) is 0 Å². The number of hydrogen-bond donors (Lipinski definition) is 4. The van der Waals surface area contributed by atoms with E-state index in [4.69, 9.17) is 19.2 Å². The fourth-order valence-corrected chi connectivity index (χ4v) is 0. The van der Waals surface area contributed by atoms with Gasteiger partial charge in [0, 0.05) is 1.43 Å². The van der Waals surface area contributed by atoms with Gasteiger partial charge in [0.2, 0.25) is 0 Å². The van der Waals surface area contributed by atoms with Crippen LogP contribution in [0.15, 0.2) is 0 Å². The monoisotopic (exact) mass is 310 g/mol. The molecule has 0 aromatic heterocycles. The maximum Gasteiger partial charge on any atom is 2.00 e. The zero-order valence-electron chi connectivity index (χ0n) is 7.70. The van der Waals surface area contributed by atoms with Crippen molar-refractivity contribution in [3.63, 3.8) is 0 Å². The van der Waals surface area contributed by atoms with Crippen LogP contribution < -0.4 is 0 Å². The van der Waals surface area contributed by atoms with E-state index in [9.17, 15) is 0 Å². The van der Waals surface area contributed by atoms with Gasteiger partial charge >= 0.3 is 95.7 Å². The van der Waals surface area contributed by atoms with E-state index in [0.29, 0.717) is 0 Å². The summed E-state index contributed by atoms with van der Waals surface area (Å²) in [5.74, 6) is 0. The summed E-state index contributed by atoms with van der Waals surface area (Å²) in [6, 6.07) is 0. The molecule has 0 aliphatic rings. The van der Waals surface area contributed by atoms with Gasteiger partial charge < -0.3 is 24.9 Å². The molecule has 0 aliphatic carbocycles. The summed E-state index contributed by atoms with van der Waals surface area (Å²) in [6.45, 7) is 0. The fourth-order valence-electron chi connectivity index (χ4n) is 0. The van der Waals surface area contributed by atoms with Crippen LogP contribution in [-0.4, -0.2) is 132 Å². The zero-order chi connectivity index (χ0) is 4.50. The standard InChI is InChI=1S/Al.Ba.Ca.H4O4Si.H2.7H/c;;;1-5(2,3)4;;;;;;;;/h;;;1-4H;1H;;;;;;;/q;2*+2;;;;;;4*-1. The normalized spacial score (nSPS) is 7.50. The van der Waals surface area contributed by atoms with Crippen molar-refractivity contribution in [3.05, 3.63) is 0 Å². The molecule has 4 N–H and O–H groups in total. The van der Waals surface area contributed by atoms with Crippen LogP contribution in [-0.2, 0) is 0 Å². The first-order valence-corrected chi connectivity index (χ1v) is 2.68. The summed E-state index contributed by atoms with van der Waals surface area (Å²) in [7, 11) is -4.61. The Morgan fingerprint density at radius 1 is 1.12 bits per heavy atom. The minimum Gasteiger partial charge on any atom is -1.00 e. The van der Waals surface area contributed by atoms with Crippen LogP contribution in [0, 0.1) is 0 Å². The Labute approximate surface area is 136 Å². The van der Waals surface area contributed by atoms with Gasteiger partial charge in [0.1, 0.15) is 0 Å². The van der Waals surface area contributed by atoms with Crippen molar-refractivity contribution in [2.75, 3.05) is 0 Å². The molecule has 0 aliphatic heterocycles. The molecule has 0 aromatic rings. The van der Waals surface area contributed by atoms with Gasteiger partial charge in [0.05, 0.1) is 0 Å². The molecule has 4 nitrogen and oxygen atoms in total. The average molecular weight is 310 g/mol. The summed E-state index contributed by atoms with van der Waals surface area (Å²) in [5.41, 5.74) is 0. The molecule has 0 bridgehead atoms. The van der Waals surface area contributed by atoms with Crippen molar-refractivity contribution >= 4 is 113 Å². The Morgan fingerprint density at radius 2 is 1.12 bits per heavy atom. The van der Waals surface area contributed by atoms with Gasteiger partial charge in [-0.1, -0.05) is 0 Å². The maximum absolute atomic E-state index is 7.33. The quantitative estimate of drug-likeness (QED) is 0.345. The molecule has 8 heavy (non-hydrogen) atoms. The van der Waals surface area contributed by atoms with E-state index < -0.39 is 9.05 Å². The molecular formula is H13AlBaCaO4Si. The van der Waals surface area contributed by atoms with Gasteiger partial charge in [0.25, 0.3) is 0 Å². The molecule has 0 atom stereocenters. The van der Waals surface area contributed by atoms with Crippen molar-refractivity contribution in [3.8, 4) is 0 Å². The Bertz CT molecular complexity index is 44.0. The molecule has 0 unspecified atom stereocenters. The van der Waals surface area contributed by atoms with Crippen LogP contribution in [0.25, 0.3) is 0 Å². The Hall–Kier alpha value is 3.42. The van der Waals surface area contributed by atoms with E-state index in [1.165, 1.54) is 0 Å². The largest absolute Gasteiger partial charge is 2.00 e. The van der Waals surface area contributed by atoms with E-state index in [0.717, 1.165) is 0 Å². The molecule has 0 aromatic carbocycles. The Balaban J connectivity index is -0.00000000286. The van der Waals surface area contributed by atoms with E-state index in [1.807, 2.05) is 0 Å². The Morgan fingerprint density at radius 3 is 1.12 bits per heavy atom. The predicted molar refractivity (Wildman–Crippen MR) is 42.6 cm³/mol. The molecule has 0 amide bonds. The van der Waals surface area contributed by atoms with Crippen LogP contribution in [0.2, 0.25) is 0 Å². The second-order valence-electron chi connectivity index (χ2n) is 0.600. The topological polar surface area (TPSA) is 80.9 Å². The van der Waals surface area contributed by atoms with Crippen molar-refractivity contribution < 1.29 is 26.3 Å². The predicted octanol–water partition coefficient (Wildman–Crippen LogP) is -3.86. The summed E-state index contributed by atoms with van der Waals surface area (Å²) in [4.78, 5) is 29.3. The molecule has 8 heteroatoms. The SMILES string of the molecule is O[Si](O)(O)O.[AlH3].[Ba+2].[Ca+2].[H-].[H-].[H-].[H-].[HH]. The number of hydrogen-bond acceptors (Lipinski definition) is 4. The second kappa shape index (κ2) is 10.4. The molecule has 0 spiro atoms. The van der Waals surface area contributed by atoms with Gasteiger partial charge in [-0.2, -0.15) is 0 Å². The van der Waals surface area contributed by atoms with Gasteiger partial charge in [-0.3, -0.25) is 0 Å². The van der Waals surface area contributed by atoms with Gasteiger partial charge in [-0.15, -0.1) is 0 Å². The van der Waals surface area contributed by atoms with Crippen LogP contribution in [0.3, 0.4) is 0 Å². The Kier molecular flexibility index (Phi) is 29.3. The smallest absolute Gasteiger partial charge is 1.00 e. The van der Waals surface area contributed by atoms with Crippen molar-refractivity contribution in [1.82, 2.24) is 0 Å². The van der Waals surface area contributed by atoms with Crippen LogP contribution in [0.5, 0.6) is 0 Å². The first-order chi connectivity index (χ1) is 2.00. The fraction of sp³-hybridized carbons (Fsp3) is 0. The van der Waals surface area contributed by atoms with Gasteiger partial charge in [0.15, 0.2) is 17.4 Å². The van der Waals surface area contributed by atoms with Crippen molar-refractivity contribution in [2.45, 2.75) is 0 Å². The minimum atomic E-state index is -4.61. The third kappa shape index (κ3) is 57.1. The van der Waals surface area contributed by atoms with Gasteiger partial charge in [-0.05, 0) is 0 Å². The molecular weight excluding hydrogens is 296 g/mol. The molecule has 0 radical (unpaired) electrons.